The second-order valence-electron chi connectivity index (χ2n) is 6.11. The van der Waals surface area contributed by atoms with Gasteiger partial charge in [0, 0.05) is 17.1 Å². The predicted octanol–water partition coefficient (Wildman–Crippen LogP) is 5.65. The molecule has 1 aromatic heterocycles. The number of rotatable bonds is 4. The Balaban J connectivity index is 1.87. The van der Waals surface area contributed by atoms with Gasteiger partial charge < -0.3 is 10.6 Å². The molecule has 1 heterocycles. The Hall–Kier alpha value is -1.78. The van der Waals surface area contributed by atoms with Gasteiger partial charge in [0.15, 0.2) is 0 Å². The SMILES string of the molecule is CCc1nc2c(c(NC(=O)Nc3ccc(Cl)c(Cl)c3)c1CC)CCC2. The van der Waals surface area contributed by atoms with Gasteiger partial charge in [-0.05, 0) is 61.4 Å². The molecule has 132 valence electrons. The molecular weight excluding hydrogens is 357 g/mol. The van der Waals surface area contributed by atoms with E-state index in [-0.39, 0.29) is 6.03 Å². The van der Waals surface area contributed by atoms with Crippen LogP contribution in [0.3, 0.4) is 0 Å². The number of benzene rings is 1. The maximum atomic E-state index is 12.5. The first-order chi connectivity index (χ1) is 12.0. The lowest BCUT2D eigenvalue weighted by Crippen LogP contribution is -2.22. The Bertz CT molecular complexity index is 821. The number of aromatic nitrogens is 1. The maximum absolute atomic E-state index is 12.5. The summed E-state index contributed by atoms with van der Waals surface area (Å²) in [6.45, 7) is 4.20. The molecule has 25 heavy (non-hydrogen) atoms. The highest BCUT2D eigenvalue weighted by Crippen LogP contribution is 2.33. The Morgan fingerprint density at radius 1 is 1.12 bits per heavy atom. The van der Waals surface area contributed by atoms with Crippen molar-refractivity contribution in [1.82, 2.24) is 4.98 Å². The number of hydrogen-bond acceptors (Lipinski definition) is 2. The summed E-state index contributed by atoms with van der Waals surface area (Å²) in [6, 6.07) is 4.74. The number of carbonyl (C=O) groups is 1. The minimum Gasteiger partial charge on any atom is -0.308 e. The fourth-order valence-electron chi connectivity index (χ4n) is 3.35. The van der Waals surface area contributed by atoms with E-state index in [1.54, 1.807) is 18.2 Å². The fourth-order valence-corrected chi connectivity index (χ4v) is 3.65. The van der Waals surface area contributed by atoms with E-state index in [0.717, 1.165) is 54.7 Å². The van der Waals surface area contributed by atoms with Crippen molar-refractivity contribution in [2.45, 2.75) is 46.0 Å². The predicted molar refractivity (Wildman–Crippen MR) is 104 cm³/mol. The Morgan fingerprint density at radius 3 is 2.60 bits per heavy atom. The van der Waals surface area contributed by atoms with Crippen LogP contribution in [-0.4, -0.2) is 11.0 Å². The quantitative estimate of drug-likeness (QED) is 0.723. The van der Waals surface area contributed by atoms with E-state index in [4.69, 9.17) is 28.2 Å². The summed E-state index contributed by atoms with van der Waals surface area (Å²) in [5.74, 6) is 0. The number of hydrogen-bond donors (Lipinski definition) is 2. The van der Waals surface area contributed by atoms with Crippen LogP contribution in [0.5, 0.6) is 0 Å². The van der Waals surface area contributed by atoms with E-state index in [9.17, 15) is 4.79 Å². The van der Waals surface area contributed by atoms with Crippen LogP contribution in [0.25, 0.3) is 0 Å². The Labute approximate surface area is 157 Å². The van der Waals surface area contributed by atoms with Gasteiger partial charge in [-0.25, -0.2) is 4.79 Å². The number of carbonyl (C=O) groups excluding carboxylic acids is 1. The second-order valence-corrected chi connectivity index (χ2v) is 6.92. The molecule has 2 N–H and O–H groups in total. The molecule has 0 spiro atoms. The number of fused-ring (bicyclic) bond motifs is 1. The highest BCUT2D eigenvalue weighted by molar-refractivity contribution is 6.42. The Kier molecular flexibility index (Phi) is 5.50. The molecule has 1 aliphatic carbocycles. The number of nitrogens with one attached hydrogen (secondary N) is 2. The monoisotopic (exact) mass is 377 g/mol. The van der Waals surface area contributed by atoms with Gasteiger partial charge in [0.2, 0.25) is 0 Å². The van der Waals surface area contributed by atoms with E-state index in [1.807, 2.05) is 0 Å². The zero-order valence-electron chi connectivity index (χ0n) is 14.4. The third kappa shape index (κ3) is 3.75. The number of amides is 2. The van der Waals surface area contributed by atoms with Gasteiger partial charge in [0.1, 0.15) is 0 Å². The van der Waals surface area contributed by atoms with Gasteiger partial charge >= 0.3 is 6.03 Å². The van der Waals surface area contributed by atoms with Gasteiger partial charge in [-0.3, -0.25) is 4.98 Å². The van der Waals surface area contributed by atoms with Crippen LogP contribution in [0, 0.1) is 0 Å². The van der Waals surface area contributed by atoms with Gasteiger partial charge in [0.05, 0.1) is 15.7 Å². The number of halogens is 2. The largest absolute Gasteiger partial charge is 0.323 e. The van der Waals surface area contributed by atoms with Crippen LogP contribution in [0.4, 0.5) is 16.2 Å². The maximum Gasteiger partial charge on any atom is 0.323 e. The first kappa shape index (κ1) is 18.0. The van der Waals surface area contributed by atoms with E-state index >= 15 is 0 Å². The van der Waals surface area contributed by atoms with Gasteiger partial charge in [-0.15, -0.1) is 0 Å². The molecule has 0 saturated carbocycles. The fraction of sp³-hybridized carbons (Fsp3) is 0.368. The van der Waals surface area contributed by atoms with Crippen LogP contribution in [0.1, 0.15) is 42.8 Å². The highest BCUT2D eigenvalue weighted by Gasteiger charge is 2.23. The lowest BCUT2D eigenvalue weighted by Gasteiger charge is -2.18. The molecule has 2 amide bonds. The third-order valence-corrected chi connectivity index (χ3v) is 5.25. The van der Waals surface area contributed by atoms with Crippen molar-refractivity contribution in [3.63, 3.8) is 0 Å². The first-order valence-corrected chi connectivity index (χ1v) is 9.35. The molecule has 0 atom stereocenters. The summed E-state index contributed by atoms with van der Waals surface area (Å²) in [6.07, 6.45) is 4.73. The van der Waals surface area contributed by atoms with Crippen LogP contribution >= 0.6 is 23.2 Å². The van der Waals surface area contributed by atoms with Crippen molar-refractivity contribution >= 4 is 40.6 Å². The number of pyridine rings is 1. The number of aryl methyl sites for hydroxylation is 2. The zero-order chi connectivity index (χ0) is 18.0. The van der Waals surface area contributed by atoms with Gasteiger partial charge in [0.25, 0.3) is 0 Å². The van der Waals surface area contributed by atoms with E-state index < -0.39 is 0 Å². The molecule has 2 aromatic rings. The van der Waals surface area contributed by atoms with Crippen LogP contribution in [-0.2, 0) is 25.7 Å². The smallest absolute Gasteiger partial charge is 0.308 e. The van der Waals surface area contributed by atoms with Crippen molar-refractivity contribution in [3.8, 4) is 0 Å². The first-order valence-electron chi connectivity index (χ1n) is 8.60. The van der Waals surface area contributed by atoms with Crippen molar-refractivity contribution in [1.29, 1.82) is 0 Å². The summed E-state index contributed by atoms with van der Waals surface area (Å²) in [7, 11) is 0. The average molecular weight is 378 g/mol. The molecule has 0 unspecified atom stereocenters. The summed E-state index contributed by atoms with van der Waals surface area (Å²) < 4.78 is 0. The van der Waals surface area contributed by atoms with Crippen LogP contribution < -0.4 is 10.6 Å². The molecule has 6 heteroatoms. The van der Waals surface area contributed by atoms with Gasteiger partial charge in [-0.1, -0.05) is 37.0 Å². The minimum atomic E-state index is -0.282. The summed E-state index contributed by atoms with van der Waals surface area (Å²) in [4.78, 5) is 17.3. The van der Waals surface area contributed by atoms with Crippen molar-refractivity contribution in [2.75, 3.05) is 10.6 Å². The minimum absolute atomic E-state index is 0.282. The highest BCUT2D eigenvalue weighted by atomic mass is 35.5. The molecule has 4 nitrogen and oxygen atoms in total. The molecule has 0 aliphatic heterocycles. The van der Waals surface area contributed by atoms with Gasteiger partial charge in [-0.2, -0.15) is 0 Å². The molecule has 3 rings (SSSR count). The van der Waals surface area contributed by atoms with Crippen molar-refractivity contribution in [3.05, 3.63) is 50.8 Å². The molecule has 1 aromatic carbocycles. The average Bonchev–Trinajstić information content (AvgIpc) is 3.06. The number of anilines is 2. The van der Waals surface area contributed by atoms with Crippen LogP contribution in [0.2, 0.25) is 10.0 Å². The normalized spacial score (nSPS) is 12.8. The van der Waals surface area contributed by atoms with E-state index in [2.05, 4.69) is 24.5 Å². The van der Waals surface area contributed by atoms with Crippen molar-refractivity contribution < 1.29 is 4.79 Å². The topological polar surface area (TPSA) is 54.0 Å². The standard InChI is InChI=1S/C19H21Cl2N3O/c1-3-12-16(4-2)23-17-7-5-6-13(17)18(12)24-19(25)22-11-8-9-14(20)15(21)10-11/h8-10H,3-7H2,1-2H3,(H2,22,23,24,25). The molecular formula is C19H21Cl2N3O. The molecule has 1 aliphatic rings. The van der Waals surface area contributed by atoms with E-state index in [1.165, 1.54) is 5.56 Å². The second kappa shape index (κ2) is 7.63. The van der Waals surface area contributed by atoms with Crippen LogP contribution in [0.15, 0.2) is 18.2 Å². The summed E-state index contributed by atoms with van der Waals surface area (Å²) >= 11 is 11.9. The third-order valence-electron chi connectivity index (χ3n) is 4.51. The van der Waals surface area contributed by atoms with Crippen molar-refractivity contribution in [2.24, 2.45) is 0 Å². The molecule has 0 fully saturated rings. The lowest BCUT2D eigenvalue weighted by molar-refractivity contribution is 0.262. The Morgan fingerprint density at radius 2 is 1.92 bits per heavy atom. The molecule has 0 saturated heterocycles. The molecule has 0 bridgehead atoms. The molecule has 0 radical (unpaired) electrons. The van der Waals surface area contributed by atoms with E-state index in [0.29, 0.717) is 15.7 Å². The number of urea groups is 1. The zero-order valence-corrected chi connectivity index (χ0v) is 15.9. The lowest BCUT2D eigenvalue weighted by atomic mass is 10.0. The summed E-state index contributed by atoms with van der Waals surface area (Å²) in [5.41, 5.74) is 6.04. The number of nitrogens with zero attached hydrogens (tertiary/aromatic N) is 1. The summed E-state index contributed by atoms with van der Waals surface area (Å²) in [5, 5.41) is 6.75.